The van der Waals surface area contributed by atoms with Gasteiger partial charge in [-0.2, -0.15) is 4.98 Å². The Balaban J connectivity index is 1.46. The molecule has 2 aliphatic rings. The number of hydrogen-bond acceptors (Lipinski definition) is 7. The Labute approximate surface area is 188 Å². The molecule has 32 heavy (non-hydrogen) atoms. The van der Waals surface area contributed by atoms with E-state index in [1.807, 2.05) is 50.2 Å². The molecule has 0 radical (unpaired) electrons. The van der Waals surface area contributed by atoms with Crippen molar-refractivity contribution < 1.29 is 9.53 Å². The fraction of sp³-hybridized carbons (Fsp3) is 0.417. The van der Waals surface area contributed by atoms with Gasteiger partial charge in [0.25, 0.3) is 0 Å². The van der Waals surface area contributed by atoms with Gasteiger partial charge in [0.1, 0.15) is 12.4 Å². The van der Waals surface area contributed by atoms with Crippen LogP contribution in [0.4, 0.5) is 16.6 Å². The molecule has 2 aliphatic heterocycles. The zero-order valence-electron chi connectivity index (χ0n) is 19.1. The number of aliphatic imine (C=N–C) groups is 1. The fourth-order valence-corrected chi connectivity index (χ4v) is 4.25. The molecule has 1 aromatic heterocycles. The summed E-state index contributed by atoms with van der Waals surface area (Å²) < 4.78 is 5.54. The molecule has 1 fully saturated rings. The molecule has 0 saturated carbocycles. The van der Waals surface area contributed by atoms with E-state index in [2.05, 4.69) is 32.9 Å². The summed E-state index contributed by atoms with van der Waals surface area (Å²) in [7, 11) is 1.79. The molecule has 0 spiro atoms. The topological polar surface area (TPSA) is 96.9 Å². The van der Waals surface area contributed by atoms with E-state index >= 15 is 0 Å². The van der Waals surface area contributed by atoms with Crippen LogP contribution in [-0.2, 0) is 11.3 Å². The number of nitrogens with zero attached hydrogens (tertiary/aromatic N) is 5. The molecule has 3 heterocycles. The number of likely N-dealkylation sites (N-methyl/N-ethyl adjacent to an activating group) is 1. The maximum atomic E-state index is 12.7. The molecule has 1 saturated heterocycles. The molecule has 0 bridgehead atoms. The number of benzene rings is 1. The number of allylic oxidation sites excluding steroid dienone is 1. The number of nitrogens with two attached hydrogens (primary N) is 1. The number of carbonyl (C=O) groups is 1. The van der Waals surface area contributed by atoms with Crippen LogP contribution in [0, 0.1) is 0 Å². The zero-order chi connectivity index (χ0) is 22.9. The average molecular weight is 435 g/mol. The van der Waals surface area contributed by atoms with Crippen molar-refractivity contribution in [1.82, 2.24) is 14.9 Å². The van der Waals surface area contributed by atoms with Crippen LogP contribution in [0.5, 0.6) is 0 Å². The molecule has 168 valence electrons. The summed E-state index contributed by atoms with van der Waals surface area (Å²) in [6.07, 6.45) is 2.55. The SMILES string of the molecule is CC1=NC(C)C=C1c1cc(N2CCC(C)(N(C)C(=O)OCc3ccccc3)C2)nc(N)n1. The van der Waals surface area contributed by atoms with Gasteiger partial charge in [-0.1, -0.05) is 30.3 Å². The summed E-state index contributed by atoms with van der Waals surface area (Å²) in [6, 6.07) is 11.8. The van der Waals surface area contributed by atoms with E-state index in [-0.39, 0.29) is 30.2 Å². The van der Waals surface area contributed by atoms with E-state index in [0.29, 0.717) is 6.54 Å². The number of rotatable bonds is 5. The van der Waals surface area contributed by atoms with Crippen molar-refractivity contribution >= 4 is 29.1 Å². The van der Waals surface area contributed by atoms with Crippen molar-refractivity contribution in [3.8, 4) is 0 Å². The second kappa shape index (κ2) is 8.61. The van der Waals surface area contributed by atoms with Gasteiger partial charge in [-0.15, -0.1) is 0 Å². The summed E-state index contributed by atoms with van der Waals surface area (Å²) in [5.41, 5.74) is 9.35. The first kappa shape index (κ1) is 21.8. The third-order valence-electron chi connectivity index (χ3n) is 6.27. The van der Waals surface area contributed by atoms with Crippen LogP contribution in [0.3, 0.4) is 0 Å². The highest BCUT2D eigenvalue weighted by molar-refractivity contribution is 6.24. The average Bonchev–Trinajstić information content (AvgIpc) is 3.34. The number of amides is 1. The van der Waals surface area contributed by atoms with Gasteiger partial charge in [-0.3, -0.25) is 4.99 Å². The lowest BCUT2D eigenvalue weighted by Gasteiger charge is -2.34. The Morgan fingerprint density at radius 2 is 2.06 bits per heavy atom. The Morgan fingerprint density at radius 1 is 1.31 bits per heavy atom. The second-order valence-corrected chi connectivity index (χ2v) is 8.77. The Morgan fingerprint density at radius 3 is 2.75 bits per heavy atom. The summed E-state index contributed by atoms with van der Waals surface area (Å²) >= 11 is 0. The zero-order valence-corrected chi connectivity index (χ0v) is 19.1. The standard InChI is InChI=1S/C24H30N6O2/c1-16-12-19(17(2)26-16)20-13-21(28-22(25)27-20)30-11-10-24(3,15-30)29(4)23(31)32-14-18-8-6-5-7-9-18/h5-9,12-13,16H,10-11,14-15H2,1-4H3,(H2,25,27,28). The van der Waals surface area contributed by atoms with Gasteiger partial charge in [0.05, 0.1) is 17.3 Å². The first-order valence-corrected chi connectivity index (χ1v) is 10.9. The maximum Gasteiger partial charge on any atom is 0.410 e. The largest absolute Gasteiger partial charge is 0.445 e. The number of ether oxygens (including phenoxy) is 1. The van der Waals surface area contributed by atoms with Crippen molar-refractivity contribution in [1.29, 1.82) is 0 Å². The van der Waals surface area contributed by atoms with Crippen molar-refractivity contribution in [2.75, 3.05) is 30.8 Å². The smallest absolute Gasteiger partial charge is 0.410 e. The molecule has 8 nitrogen and oxygen atoms in total. The molecule has 4 rings (SSSR count). The van der Waals surface area contributed by atoms with E-state index in [0.717, 1.165) is 41.3 Å². The first-order chi connectivity index (χ1) is 15.2. The first-order valence-electron chi connectivity index (χ1n) is 10.9. The van der Waals surface area contributed by atoms with Crippen LogP contribution in [0.25, 0.3) is 5.57 Å². The minimum Gasteiger partial charge on any atom is -0.445 e. The van der Waals surface area contributed by atoms with Crippen LogP contribution < -0.4 is 10.6 Å². The highest BCUT2D eigenvalue weighted by Gasteiger charge is 2.41. The van der Waals surface area contributed by atoms with Crippen LogP contribution in [-0.4, -0.2) is 58.4 Å². The van der Waals surface area contributed by atoms with Crippen LogP contribution in [0.2, 0.25) is 0 Å². The molecule has 1 amide bonds. The molecule has 2 unspecified atom stereocenters. The number of nitrogen functional groups attached to an aromatic ring is 1. The van der Waals surface area contributed by atoms with Crippen LogP contribution in [0.1, 0.15) is 38.4 Å². The summed E-state index contributed by atoms with van der Waals surface area (Å²) in [6.45, 7) is 7.73. The van der Waals surface area contributed by atoms with Gasteiger partial charge in [0.15, 0.2) is 0 Å². The van der Waals surface area contributed by atoms with Crippen molar-refractivity contribution in [3.63, 3.8) is 0 Å². The molecule has 2 aromatic rings. The molecule has 0 aliphatic carbocycles. The minimum absolute atomic E-state index is 0.135. The number of anilines is 2. The lowest BCUT2D eigenvalue weighted by Crippen LogP contribution is -2.49. The monoisotopic (exact) mass is 434 g/mol. The Hall–Kier alpha value is -3.42. The lowest BCUT2D eigenvalue weighted by atomic mass is 10.0. The van der Waals surface area contributed by atoms with E-state index in [1.165, 1.54) is 0 Å². The highest BCUT2D eigenvalue weighted by Crippen LogP contribution is 2.32. The number of hydrogen-bond donors (Lipinski definition) is 1. The fourth-order valence-electron chi connectivity index (χ4n) is 4.25. The van der Waals surface area contributed by atoms with E-state index < -0.39 is 0 Å². The van der Waals surface area contributed by atoms with Gasteiger partial charge >= 0.3 is 6.09 Å². The van der Waals surface area contributed by atoms with E-state index in [9.17, 15) is 4.79 Å². The molecule has 2 atom stereocenters. The maximum absolute atomic E-state index is 12.7. The lowest BCUT2D eigenvalue weighted by molar-refractivity contribution is 0.0714. The second-order valence-electron chi connectivity index (χ2n) is 8.77. The van der Waals surface area contributed by atoms with Crippen LogP contribution >= 0.6 is 0 Å². The molecule has 2 N–H and O–H groups in total. The summed E-state index contributed by atoms with van der Waals surface area (Å²) in [4.78, 5) is 30.0. The predicted molar refractivity (Wildman–Crippen MR) is 127 cm³/mol. The normalized spacial score (nSPS) is 22.5. The van der Waals surface area contributed by atoms with Crippen LogP contribution in [0.15, 0.2) is 47.5 Å². The van der Waals surface area contributed by atoms with Crippen molar-refractivity contribution in [2.45, 2.75) is 45.4 Å². The number of aromatic nitrogens is 2. The molecule has 1 aromatic carbocycles. The molecule has 8 heteroatoms. The number of carbonyl (C=O) groups excluding carboxylic acids is 1. The van der Waals surface area contributed by atoms with Gasteiger partial charge < -0.3 is 20.3 Å². The minimum atomic E-state index is -0.383. The predicted octanol–water partition coefficient (Wildman–Crippen LogP) is 3.54. The summed E-state index contributed by atoms with van der Waals surface area (Å²) in [5.74, 6) is 0.991. The van der Waals surface area contributed by atoms with Crippen molar-refractivity contribution in [3.05, 3.63) is 53.7 Å². The Bertz CT molecular complexity index is 1070. The third-order valence-corrected chi connectivity index (χ3v) is 6.27. The summed E-state index contributed by atoms with van der Waals surface area (Å²) in [5, 5.41) is 0. The highest BCUT2D eigenvalue weighted by atomic mass is 16.6. The molecular weight excluding hydrogens is 404 g/mol. The van der Waals surface area contributed by atoms with E-state index in [4.69, 9.17) is 10.5 Å². The van der Waals surface area contributed by atoms with Gasteiger partial charge in [-0.05, 0) is 38.8 Å². The molecular formula is C24H30N6O2. The Kier molecular flexibility index (Phi) is 5.86. The quantitative estimate of drug-likeness (QED) is 0.773. The van der Waals surface area contributed by atoms with Gasteiger partial charge in [0, 0.05) is 37.5 Å². The van der Waals surface area contributed by atoms with Crippen molar-refractivity contribution in [2.24, 2.45) is 4.99 Å². The van der Waals surface area contributed by atoms with Gasteiger partial charge in [0.2, 0.25) is 5.95 Å². The van der Waals surface area contributed by atoms with Gasteiger partial charge in [-0.25, -0.2) is 9.78 Å². The third kappa shape index (κ3) is 4.44. The van der Waals surface area contributed by atoms with E-state index in [1.54, 1.807) is 11.9 Å².